The van der Waals surface area contributed by atoms with Gasteiger partial charge in [0.15, 0.2) is 0 Å². The van der Waals surface area contributed by atoms with Crippen LogP contribution in [-0.4, -0.2) is 70.9 Å². The number of nitrogens with zero attached hydrogens (tertiary/aromatic N) is 4. The highest BCUT2D eigenvalue weighted by atomic mass is 16.6. The Labute approximate surface area is 251 Å². The third-order valence-electron chi connectivity index (χ3n) is 7.39. The first-order valence-electron chi connectivity index (χ1n) is 14.4. The van der Waals surface area contributed by atoms with Gasteiger partial charge in [0.2, 0.25) is 5.91 Å². The van der Waals surface area contributed by atoms with Crippen molar-refractivity contribution in [2.24, 2.45) is 0 Å². The number of carbonyl (C=O) groups is 3. The highest BCUT2D eigenvalue weighted by Crippen LogP contribution is 2.24. The number of ether oxygens (including phenoxy) is 1. The van der Waals surface area contributed by atoms with Crippen molar-refractivity contribution in [2.75, 3.05) is 38.0 Å². The first kappa shape index (κ1) is 29.5. The van der Waals surface area contributed by atoms with Gasteiger partial charge in [-0.2, -0.15) is 5.26 Å². The standard InChI is InChI=1S/C34H35N5O4/c1-34(2,3)43-32(41)21-31(40)38-14-16-39(17-15-38)33(42)27-8-7-25-18-23(4-6-26(25)20-27)10-12-36-30-11-13-37-29-9-5-24(22-35)19-28(29)30/h4-9,11,13,18-20H,10,12,14-17,21H2,1-3H3,(H,36,37). The maximum absolute atomic E-state index is 13.2. The molecule has 1 aromatic heterocycles. The number of pyridine rings is 1. The van der Waals surface area contributed by atoms with Crippen LogP contribution in [0.3, 0.4) is 0 Å². The van der Waals surface area contributed by atoms with Gasteiger partial charge in [-0.25, -0.2) is 0 Å². The Morgan fingerprint density at radius 1 is 0.930 bits per heavy atom. The van der Waals surface area contributed by atoms with Crippen molar-refractivity contribution in [3.8, 4) is 6.07 Å². The molecule has 0 unspecified atom stereocenters. The van der Waals surface area contributed by atoms with Crippen molar-refractivity contribution < 1.29 is 19.1 Å². The number of anilines is 1. The van der Waals surface area contributed by atoms with Crippen LogP contribution in [0, 0.1) is 11.3 Å². The van der Waals surface area contributed by atoms with E-state index in [4.69, 9.17) is 4.74 Å². The summed E-state index contributed by atoms with van der Waals surface area (Å²) in [5.41, 5.74) is 3.53. The number of rotatable bonds is 7. The van der Waals surface area contributed by atoms with Gasteiger partial charge >= 0.3 is 5.97 Å². The molecule has 0 saturated carbocycles. The quantitative estimate of drug-likeness (QED) is 0.245. The molecule has 0 spiro atoms. The second-order valence-corrected chi connectivity index (χ2v) is 11.7. The molecule has 4 aromatic rings. The van der Waals surface area contributed by atoms with Crippen molar-refractivity contribution in [1.82, 2.24) is 14.8 Å². The van der Waals surface area contributed by atoms with Crippen LogP contribution < -0.4 is 5.32 Å². The first-order valence-corrected chi connectivity index (χ1v) is 14.4. The van der Waals surface area contributed by atoms with Crippen LogP contribution in [0.5, 0.6) is 0 Å². The zero-order valence-corrected chi connectivity index (χ0v) is 24.7. The molecule has 220 valence electrons. The molecule has 1 aliphatic rings. The van der Waals surface area contributed by atoms with Crippen molar-refractivity contribution in [1.29, 1.82) is 5.26 Å². The molecule has 0 aliphatic carbocycles. The summed E-state index contributed by atoms with van der Waals surface area (Å²) in [7, 11) is 0. The molecule has 0 radical (unpaired) electrons. The number of carbonyl (C=O) groups excluding carboxylic acids is 3. The summed E-state index contributed by atoms with van der Waals surface area (Å²) in [6.07, 6.45) is 2.27. The molecule has 0 bridgehead atoms. The van der Waals surface area contributed by atoms with Crippen molar-refractivity contribution in [3.05, 3.63) is 83.6 Å². The molecule has 9 heteroatoms. The van der Waals surface area contributed by atoms with Crippen LogP contribution in [0.15, 0.2) is 66.9 Å². The number of nitriles is 1. The monoisotopic (exact) mass is 577 g/mol. The molecular weight excluding hydrogens is 542 g/mol. The molecule has 2 amide bonds. The highest BCUT2D eigenvalue weighted by molar-refractivity contribution is 5.99. The number of esters is 1. The number of hydrogen-bond acceptors (Lipinski definition) is 7. The molecule has 0 atom stereocenters. The summed E-state index contributed by atoms with van der Waals surface area (Å²) in [6.45, 7) is 7.60. The Hall–Kier alpha value is -4.97. The van der Waals surface area contributed by atoms with Crippen molar-refractivity contribution >= 4 is 45.1 Å². The lowest BCUT2D eigenvalue weighted by Crippen LogP contribution is -2.51. The van der Waals surface area contributed by atoms with E-state index in [-0.39, 0.29) is 18.2 Å². The molecule has 43 heavy (non-hydrogen) atoms. The van der Waals surface area contributed by atoms with Crippen LogP contribution >= 0.6 is 0 Å². The number of nitrogens with one attached hydrogen (secondary N) is 1. The minimum absolute atomic E-state index is 0.0708. The number of aromatic nitrogens is 1. The van der Waals surface area contributed by atoms with Crippen LogP contribution in [0.1, 0.15) is 48.7 Å². The van der Waals surface area contributed by atoms with Gasteiger partial charge in [0.25, 0.3) is 5.91 Å². The van der Waals surface area contributed by atoms with E-state index < -0.39 is 11.6 Å². The van der Waals surface area contributed by atoms with Crippen molar-refractivity contribution in [3.63, 3.8) is 0 Å². The summed E-state index contributed by atoms with van der Waals surface area (Å²) in [6, 6.07) is 21.6. The fourth-order valence-corrected chi connectivity index (χ4v) is 5.25. The molecule has 1 fully saturated rings. The van der Waals surface area contributed by atoms with Gasteiger partial charge in [-0.05, 0) is 79.9 Å². The second-order valence-electron chi connectivity index (χ2n) is 11.7. The minimum Gasteiger partial charge on any atom is -0.460 e. The molecular formula is C34H35N5O4. The summed E-state index contributed by atoms with van der Waals surface area (Å²) >= 11 is 0. The normalized spacial score (nSPS) is 13.5. The van der Waals surface area contributed by atoms with Crippen LogP contribution in [-0.2, 0) is 20.7 Å². The fraction of sp³-hybridized carbons (Fsp3) is 0.324. The predicted octanol–water partition coefficient (Wildman–Crippen LogP) is 4.93. The third kappa shape index (κ3) is 7.28. The van der Waals surface area contributed by atoms with Gasteiger partial charge in [0.1, 0.15) is 12.0 Å². The minimum atomic E-state index is -0.637. The van der Waals surface area contributed by atoms with Gasteiger partial charge < -0.3 is 19.9 Å². The Morgan fingerprint density at radius 3 is 2.40 bits per heavy atom. The molecule has 1 aliphatic heterocycles. The van der Waals surface area contributed by atoms with Gasteiger partial charge in [-0.15, -0.1) is 0 Å². The maximum Gasteiger partial charge on any atom is 0.315 e. The van der Waals surface area contributed by atoms with Gasteiger partial charge in [-0.3, -0.25) is 19.4 Å². The highest BCUT2D eigenvalue weighted by Gasteiger charge is 2.27. The summed E-state index contributed by atoms with van der Waals surface area (Å²) in [5, 5.41) is 15.7. The second kappa shape index (κ2) is 12.5. The van der Waals surface area contributed by atoms with E-state index >= 15 is 0 Å². The average molecular weight is 578 g/mol. The SMILES string of the molecule is CC(C)(C)OC(=O)CC(=O)N1CCN(C(=O)c2ccc3cc(CCNc4ccnc5ccc(C#N)cc45)ccc3c2)CC1. The Balaban J connectivity index is 1.16. The van der Waals surface area contributed by atoms with E-state index in [0.717, 1.165) is 33.8 Å². The molecule has 3 aromatic carbocycles. The zero-order valence-electron chi connectivity index (χ0n) is 24.7. The zero-order chi connectivity index (χ0) is 30.6. The lowest BCUT2D eigenvalue weighted by Gasteiger charge is -2.35. The van der Waals surface area contributed by atoms with E-state index in [1.165, 1.54) is 5.56 Å². The molecule has 1 N–H and O–H groups in total. The first-order chi connectivity index (χ1) is 20.6. The lowest BCUT2D eigenvalue weighted by atomic mass is 10.0. The Kier molecular flexibility index (Phi) is 8.58. The van der Waals surface area contributed by atoms with Gasteiger partial charge in [0, 0.05) is 55.6 Å². The molecule has 5 rings (SSSR count). The maximum atomic E-state index is 13.2. The van der Waals surface area contributed by atoms with Crippen LogP contribution in [0.25, 0.3) is 21.7 Å². The van der Waals surface area contributed by atoms with E-state index in [0.29, 0.717) is 43.9 Å². The van der Waals surface area contributed by atoms with Gasteiger partial charge in [-0.1, -0.05) is 24.3 Å². The lowest BCUT2D eigenvalue weighted by molar-refractivity contribution is -0.158. The fourth-order valence-electron chi connectivity index (χ4n) is 5.25. The summed E-state index contributed by atoms with van der Waals surface area (Å²) in [5.74, 6) is -0.886. The number of amides is 2. The van der Waals surface area contributed by atoms with E-state index in [1.807, 2.05) is 42.5 Å². The van der Waals surface area contributed by atoms with Crippen molar-refractivity contribution in [2.45, 2.75) is 39.2 Å². The van der Waals surface area contributed by atoms with Gasteiger partial charge in [0.05, 0.1) is 17.1 Å². The number of benzene rings is 3. The smallest absolute Gasteiger partial charge is 0.315 e. The van der Waals surface area contributed by atoms with E-state index in [1.54, 1.807) is 42.8 Å². The number of piperazine rings is 1. The number of hydrogen-bond donors (Lipinski definition) is 1. The van der Waals surface area contributed by atoms with E-state index in [9.17, 15) is 19.6 Å². The Morgan fingerprint density at radius 2 is 1.65 bits per heavy atom. The largest absolute Gasteiger partial charge is 0.460 e. The van der Waals surface area contributed by atoms with Crippen LogP contribution in [0.4, 0.5) is 5.69 Å². The summed E-state index contributed by atoms with van der Waals surface area (Å²) in [4.78, 5) is 45.6. The van der Waals surface area contributed by atoms with Crippen LogP contribution in [0.2, 0.25) is 0 Å². The molecule has 1 saturated heterocycles. The summed E-state index contributed by atoms with van der Waals surface area (Å²) < 4.78 is 5.25. The predicted molar refractivity (Wildman–Crippen MR) is 166 cm³/mol. The van der Waals surface area contributed by atoms with E-state index in [2.05, 4.69) is 28.5 Å². The topological polar surface area (TPSA) is 116 Å². The Bertz CT molecular complexity index is 1730. The molecule has 2 heterocycles. The average Bonchev–Trinajstić information content (AvgIpc) is 2.99. The third-order valence-corrected chi connectivity index (χ3v) is 7.39. The molecule has 9 nitrogen and oxygen atoms in total. The number of fused-ring (bicyclic) bond motifs is 2.